The van der Waals surface area contributed by atoms with Crippen molar-refractivity contribution in [2.75, 3.05) is 0 Å². The van der Waals surface area contributed by atoms with Crippen LogP contribution in [-0.2, 0) is 6.54 Å². The Labute approximate surface area is 75.3 Å². The molecule has 0 saturated carbocycles. The number of hydrogen-bond acceptors (Lipinski definition) is 3. The first-order valence-corrected chi connectivity index (χ1v) is 4.82. The molecular weight excluding hydrogens is 174 g/mol. The molecule has 0 fully saturated rings. The summed E-state index contributed by atoms with van der Waals surface area (Å²) in [6.07, 6.45) is 0.300. The van der Waals surface area contributed by atoms with E-state index in [9.17, 15) is 4.79 Å². The standard InChI is InChI=1S/C8H13NO2S/c1-6-5-12-8(11)9(6)4-3-7(2)10/h5,7,10H,3-4H2,1-2H3. The van der Waals surface area contributed by atoms with Crippen LogP contribution in [0.25, 0.3) is 0 Å². The van der Waals surface area contributed by atoms with E-state index in [1.54, 1.807) is 11.5 Å². The minimum atomic E-state index is -0.337. The molecule has 0 aromatic carbocycles. The third-order valence-electron chi connectivity index (χ3n) is 1.75. The summed E-state index contributed by atoms with van der Waals surface area (Å²) in [4.78, 5) is 11.2. The van der Waals surface area contributed by atoms with Gasteiger partial charge < -0.3 is 9.67 Å². The first-order valence-electron chi connectivity index (χ1n) is 3.94. The van der Waals surface area contributed by atoms with Crippen LogP contribution in [0.3, 0.4) is 0 Å². The second-order valence-electron chi connectivity index (χ2n) is 2.93. The molecule has 0 amide bonds. The van der Waals surface area contributed by atoms with E-state index in [1.807, 2.05) is 12.3 Å². The predicted molar refractivity (Wildman–Crippen MR) is 49.6 cm³/mol. The monoisotopic (exact) mass is 187 g/mol. The van der Waals surface area contributed by atoms with Crippen LogP contribution in [0.2, 0.25) is 0 Å². The number of nitrogens with zero attached hydrogens (tertiary/aromatic N) is 1. The third-order valence-corrected chi connectivity index (χ3v) is 2.63. The number of aliphatic hydroxyl groups is 1. The van der Waals surface area contributed by atoms with Crippen LogP contribution in [0.4, 0.5) is 0 Å². The molecule has 1 unspecified atom stereocenters. The topological polar surface area (TPSA) is 42.2 Å². The van der Waals surface area contributed by atoms with Crippen molar-refractivity contribution in [1.82, 2.24) is 4.57 Å². The zero-order valence-electron chi connectivity index (χ0n) is 7.28. The Kier molecular flexibility index (Phi) is 3.05. The molecule has 1 heterocycles. The zero-order valence-corrected chi connectivity index (χ0v) is 8.10. The van der Waals surface area contributed by atoms with E-state index in [-0.39, 0.29) is 11.0 Å². The molecule has 68 valence electrons. The molecule has 0 aliphatic carbocycles. The highest BCUT2D eigenvalue weighted by atomic mass is 32.1. The molecule has 1 atom stereocenters. The second kappa shape index (κ2) is 3.87. The lowest BCUT2D eigenvalue weighted by Crippen LogP contribution is -2.17. The van der Waals surface area contributed by atoms with Gasteiger partial charge in [0.2, 0.25) is 0 Å². The van der Waals surface area contributed by atoms with Gasteiger partial charge in [-0.05, 0) is 20.3 Å². The highest BCUT2D eigenvalue weighted by Crippen LogP contribution is 2.01. The molecule has 0 aliphatic heterocycles. The summed E-state index contributed by atoms with van der Waals surface area (Å²) < 4.78 is 1.69. The largest absolute Gasteiger partial charge is 0.393 e. The lowest BCUT2D eigenvalue weighted by atomic mass is 10.3. The summed E-state index contributed by atoms with van der Waals surface area (Å²) in [5.74, 6) is 0. The molecule has 1 rings (SSSR count). The van der Waals surface area contributed by atoms with Crippen molar-refractivity contribution < 1.29 is 5.11 Å². The number of aliphatic hydroxyl groups excluding tert-OH is 1. The fourth-order valence-electron chi connectivity index (χ4n) is 0.990. The van der Waals surface area contributed by atoms with Crippen molar-refractivity contribution in [2.45, 2.75) is 32.9 Å². The van der Waals surface area contributed by atoms with Crippen molar-refractivity contribution in [3.8, 4) is 0 Å². The van der Waals surface area contributed by atoms with Gasteiger partial charge in [0.1, 0.15) is 0 Å². The fraction of sp³-hybridized carbons (Fsp3) is 0.625. The maximum absolute atomic E-state index is 11.2. The first kappa shape index (κ1) is 9.48. The third kappa shape index (κ3) is 2.19. The fourth-order valence-corrected chi connectivity index (χ4v) is 1.75. The SMILES string of the molecule is Cc1csc(=O)n1CCC(C)O. The Morgan fingerprint density at radius 3 is 2.83 bits per heavy atom. The molecule has 4 heteroatoms. The van der Waals surface area contributed by atoms with Crippen molar-refractivity contribution in [3.05, 3.63) is 20.7 Å². The molecule has 12 heavy (non-hydrogen) atoms. The van der Waals surface area contributed by atoms with Gasteiger partial charge in [-0.2, -0.15) is 0 Å². The van der Waals surface area contributed by atoms with Crippen molar-refractivity contribution in [3.63, 3.8) is 0 Å². The Balaban J connectivity index is 2.68. The molecular formula is C8H13NO2S. The Morgan fingerprint density at radius 2 is 2.42 bits per heavy atom. The number of rotatable bonds is 3. The van der Waals surface area contributed by atoms with Gasteiger partial charge in [0, 0.05) is 17.6 Å². The Bertz CT molecular complexity index is 300. The van der Waals surface area contributed by atoms with Crippen LogP contribution < -0.4 is 4.87 Å². The molecule has 0 saturated heterocycles. The molecule has 1 aromatic rings. The van der Waals surface area contributed by atoms with Crippen molar-refractivity contribution >= 4 is 11.3 Å². The average molecular weight is 187 g/mol. The smallest absolute Gasteiger partial charge is 0.307 e. The summed E-state index contributed by atoms with van der Waals surface area (Å²) in [7, 11) is 0. The minimum absolute atomic E-state index is 0.0631. The Morgan fingerprint density at radius 1 is 1.75 bits per heavy atom. The van der Waals surface area contributed by atoms with Gasteiger partial charge in [0.05, 0.1) is 6.10 Å². The highest BCUT2D eigenvalue weighted by molar-refractivity contribution is 7.07. The van der Waals surface area contributed by atoms with Gasteiger partial charge in [0.15, 0.2) is 0 Å². The van der Waals surface area contributed by atoms with E-state index in [2.05, 4.69) is 0 Å². The van der Waals surface area contributed by atoms with Crippen LogP contribution in [0.15, 0.2) is 10.2 Å². The quantitative estimate of drug-likeness (QED) is 0.766. The number of thiazole rings is 1. The van der Waals surface area contributed by atoms with Gasteiger partial charge in [-0.3, -0.25) is 4.79 Å². The van der Waals surface area contributed by atoms with Crippen molar-refractivity contribution in [1.29, 1.82) is 0 Å². The molecule has 0 spiro atoms. The summed E-state index contributed by atoms with van der Waals surface area (Å²) in [6.45, 7) is 4.25. The van der Waals surface area contributed by atoms with Crippen LogP contribution in [0, 0.1) is 6.92 Å². The zero-order chi connectivity index (χ0) is 9.14. The van der Waals surface area contributed by atoms with Gasteiger partial charge >= 0.3 is 4.87 Å². The predicted octanol–water partition coefficient (Wildman–Crippen LogP) is 0.989. The number of hydrogen-bond donors (Lipinski definition) is 1. The average Bonchev–Trinajstić information content (AvgIpc) is 2.28. The summed E-state index contributed by atoms with van der Waals surface area (Å²) in [6, 6.07) is 0. The van der Waals surface area contributed by atoms with Crippen molar-refractivity contribution in [2.24, 2.45) is 0 Å². The first-order chi connectivity index (χ1) is 5.61. The highest BCUT2D eigenvalue weighted by Gasteiger charge is 2.03. The van der Waals surface area contributed by atoms with Gasteiger partial charge in [-0.1, -0.05) is 11.3 Å². The van der Waals surface area contributed by atoms with E-state index < -0.39 is 0 Å². The molecule has 3 nitrogen and oxygen atoms in total. The van der Waals surface area contributed by atoms with E-state index in [4.69, 9.17) is 5.11 Å². The van der Waals surface area contributed by atoms with Crippen LogP contribution in [0.1, 0.15) is 19.0 Å². The summed E-state index contributed by atoms with van der Waals surface area (Å²) in [5.41, 5.74) is 0.977. The van der Waals surface area contributed by atoms with Gasteiger partial charge in [-0.25, -0.2) is 0 Å². The summed E-state index contributed by atoms with van der Waals surface area (Å²) >= 11 is 1.21. The van der Waals surface area contributed by atoms with Gasteiger partial charge in [0.25, 0.3) is 0 Å². The maximum atomic E-state index is 11.2. The molecule has 0 aliphatic rings. The maximum Gasteiger partial charge on any atom is 0.307 e. The van der Waals surface area contributed by atoms with E-state index in [0.717, 1.165) is 5.69 Å². The normalized spacial score (nSPS) is 13.2. The lowest BCUT2D eigenvalue weighted by Gasteiger charge is -2.05. The van der Waals surface area contributed by atoms with Crippen LogP contribution in [0.5, 0.6) is 0 Å². The van der Waals surface area contributed by atoms with Crippen LogP contribution >= 0.6 is 11.3 Å². The van der Waals surface area contributed by atoms with E-state index in [1.165, 1.54) is 11.3 Å². The molecule has 1 N–H and O–H groups in total. The van der Waals surface area contributed by atoms with Gasteiger partial charge in [-0.15, -0.1) is 0 Å². The van der Waals surface area contributed by atoms with Crippen LogP contribution in [-0.4, -0.2) is 15.8 Å². The minimum Gasteiger partial charge on any atom is -0.393 e. The summed E-state index contributed by atoms with van der Waals surface area (Å²) in [5, 5.41) is 10.9. The lowest BCUT2D eigenvalue weighted by molar-refractivity contribution is 0.177. The van der Waals surface area contributed by atoms with E-state index >= 15 is 0 Å². The number of aromatic nitrogens is 1. The molecule has 0 radical (unpaired) electrons. The van der Waals surface area contributed by atoms with E-state index in [0.29, 0.717) is 13.0 Å². The molecule has 0 bridgehead atoms. The molecule has 1 aromatic heterocycles. The number of aryl methyl sites for hydroxylation is 1. The Hall–Kier alpha value is -0.610. The second-order valence-corrected chi connectivity index (χ2v) is 3.75.